The van der Waals surface area contributed by atoms with E-state index >= 15 is 0 Å². The second-order valence-electron chi connectivity index (χ2n) is 6.24. The number of oxime groups is 1. The number of nitrogens with zero attached hydrogens (tertiary/aromatic N) is 1. The molecule has 2 rings (SSSR count). The van der Waals surface area contributed by atoms with E-state index in [9.17, 15) is 4.79 Å². The number of amides is 1. The minimum absolute atomic E-state index is 0.149. The number of rotatable bonds is 8. The van der Waals surface area contributed by atoms with E-state index in [0.717, 1.165) is 11.1 Å². The lowest BCUT2D eigenvalue weighted by Gasteiger charge is -2.17. The molecule has 0 saturated heterocycles. The first-order valence-electron chi connectivity index (χ1n) is 8.40. The van der Waals surface area contributed by atoms with E-state index in [1.807, 2.05) is 74.5 Å². The van der Waals surface area contributed by atoms with Crippen LogP contribution in [0, 0.1) is 5.92 Å². The normalized spacial score (nSPS) is 11.6. The van der Waals surface area contributed by atoms with Gasteiger partial charge >= 0.3 is 0 Å². The fraction of sp³-hybridized carbons (Fsp3) is 0.300. The molecular formula is C20H25N3O2. The SMILES string of the molecule is CC(C)CNC(=O)CO/N=C(/N)C(c1ccccc1)c1ccccc1. The average Bonchev–Trinajstić information content (AvgIpc) is 2.62. The second kappa shape index (κ2) is 9.47. The first-order valence-corrected chi connectivity index (χ1v) is 8.40. The number of benzene rings is 2. The van der Waals surface area contributed by atoms with Crippen molar-refractivity contribution in [3.05, 3.63) is 71.8 Å². The van der Waals surface area contributed by atoms with Gasteiger partial charge in [-0.15, -0.1) is 0 Å². The fourth-order valence-corrected chi connectivity index (χ4v) is 2.41. The van der Waals surface area contributed by atoms with Gasteiger partial charge in [-0.1, -0.05) is 79.7 Å². The third-order valence-electron chi connectivity index (χ3n) is 3.63. The van der Waals surface area contributed by atoms with Gasteiger partial charge in [0.1, 0.15) is 0 Å². The third-order valence-corrected chi connectivity index (χ3v) is 3.63. The first-order chi connectivity index (χ1) is 12.1. The molecule has 2 aromatic rings. The van der Waals surface area contributed by atoms with Gasteiger partial charge in [0.15, 0.2) is 12.4 Å². The summed E-state index contributed by atoms with van der Waals surface area (Å²) in [6, 6.07) is 19.7. The summed E-state index contributed by atoms with van der Waals surface area (Å²) < 4.78 is 0. The fourth-order valence-electron chi connectivity index (χ4n) is 2.41. The minimum Gasteiger partial charge on any atom is -0.384 e. The molecule has 0 aliphatic heterocycles. The Morgan fingerprint density at radius 1 is 1.04 bits per heavy atom. The van der Waals surface area contributed by atoms with E-state index in [2.05, 4.69) is 10.5 Å². The van der Waals surface area contributed by atoms with E-state index < -0.39 is 0 Å². The van der Waals surface area contributed by atoms with E-state index in [1.165, 1.54) is 0 Å². The highest BCUT2D eigenvalue weighted by molar-refractivity contribution is 5.90. The van der Waals surface area contributed by atoms with E-state index in [-0.39, 0.29) is 18.4 Å². The van der Waals surface area contributed by atoms with Gasteiger partial charge in [-0.3, -0.25) is 4.79 Å². The van der Waals surface area contributed by atoms with E-state index in [4.69, 9.17) is 10.6 Å². The quantitative estimate of drug-likeness (QED) is 0.441. The number of hydrogen-bond donors (Lipinski definition) is 2. The van der Waals surface area contributed by atoms with Crippen LogP contribution in [0.25, 0.3) is 0 Å². The Kier molecular flexibility index (Phi) is 7.01. The molecule has 0 aliphatic carbocycles. The van der Waals surface area contributed by atoms with Crippen LogP contribution in [0.5, 0.6) is 0 Å². The Hall–Kier alpha value is -2.82. The number of carbonyl (C=O) groups is 1. The lowest BCUT2D eigenvalue weighted by atomic mass is 9.90. The maximum absolute atomic E-state index is 11.7. The predicted molar refractivity (Wildman–Crippen MR) is 100 cm³/mol. The van der Waals surface area contributed by atoms with Gasteiger partial charge in [-0.25, -0.2) is 0 Å². The lowest BCUT2D eigenvalue weighted by Crippen LogP contribution is -2.31. The molecule has 0 unspecified atom stereocenters. The Bertz CT molecular complexity index is 645. The molecule has 5 heteroatoms. The molecule has 0 heterocycles. The van der Waals surface area contributed by atoms with Crippen molar-refractivity contribution in [3.8, 4) is 0 Å². The highest BCUT2D eigenvalue weighted by Gasteiger charge is 2.19. The van der Waals surface area contributed by atoms with Crippen molar-refractivity contribution in [1.82, 2.24) is 5.32 Å². The minimum atomic E-state index is -0.221. The van der Waals surface area contributed by atoms with E-state index in [1.54, 1.807) is 0 Å². The second-order valence-corrected chi connectivity index (χ2v) is 6.24. The maximum atomic E-state index is 11.7. The Balaban J connectivity index is 2.08. The van der Waals surface area contributed by atoms with Crippen molar-refractivity contribution in [2.45, 2.75) is 19.8 Å². The summed E-state index contributed by atoms with van der Waals surface area (Å²) in [6.45, 7) is 4.52. The highest BCUT2D eigenvalue weighted by atomic mass is 16.6. The largest absolute Gasteiger partial charge is 0.384 e. The summed E-state index contributed by atoms with van der Waals surface area (Å²) in [7, 11) is 0. The summed E-state index contributed by atoms with van der Waals surface area (Å²) in [5.74, 6) is 0.273. The average molecular weight is 339 g/mol. The van der Waals surface area contributed by atoms with Crippen molar-refractivity contribution in [1.29, 1.82) is 0 Å². The molecule has 132 valence electrons. The summed E-state index contributed by atoms with van der Waals surface area (Å²) in [5, 5.41) is 6.75. The van der Waals surface area contributed by atoms with Crippen molar-refractivity contribution in [2.75, 3.05) is 13.2 Å². The maximum Gasteiger partial charge on any atom is 0.260 e. The molecule has 0 fully saturated rings. The Morgan fingerprint density at radius 2 is 1.56 bits per heavy atom. The van der Waals surface area contributed by atoms with Gasteiger partial charge in [0, 0.05) is 6.54 Å². The molecule has 0 aromatic heterocycles. The van der Waals surface area contributed by atoms with Gasteiger partial charge < -0.3 is 15.9 Å². The van der Waals surface area contributed by atoms with Gasteiger partial charge in [-0.05, 0) is 17.0 Å². The number of nitrogens with one attached hydrogen (secondary N) is 1. The van der Waals surface area contributed by atoms with Crippen LogP contribution in [-0.2, 0) is 9.63 Å². The number of amidine groups is 1. The molecule has 0 saturated carbocycles. The molecule has 0 bridgehead atoms. The first kappa shape index (κ1) is 18.5. The molecule has 2 aromatic carbocycles. The van der Waals surface area contributed by atoms with Crippen LogP contribution in [-0.4, -0.2) is 24.9 Å². The number of carbonyl (C=O) groups excluding carboxylic acids is 1. The van der Waals surface area contributed by atoms with Gasteiger partial charge in [-0.2, -0.15) is 0 Å². The van der Waals surface area contributed by atoms with Crippen molar-refractivity contribution >= 4 is 11.7 Å². The summed E-state index contributed by atoms with van der Waals surface area (Å²) in [6.07, 6.45) is 0. The van der Waals surface area contributed by atoms with Crippen molar-refractivity contribution < 1.29 is 9.63 Å². The molecule has 0 radical (unpaired) electrons. The molecule has 0 atom stereocenters. The molecule has 3 N–H and O–H groups in total. The Labute approximate surface area is 148 Å². The summed E-state index contributed by atoms with van der Waals surface area (Å²) in [5.41, 5.74) is 8.22. The highest BCUT2D eigenvalue weighted by Crippen LogP contribution is 2.24. The zero-order valence-electron chi connectivity index (χ0n) is 14.7. The molecule has 1 amide bonds. The van der Waals surface area contributed by atoms with Crippen LogP contribution in [0.2, 0.25) is 0 Å². The molecular weight excluding hydrogens is 314 g/mol. The van der Waals surface area contributed by atoms with Gasteiger partial charge in [0.25, 0.3) is 5.91 Å². The van der Waals surface area contributed by atoms with E-state index in [0.29, 0.717) is 18.3 Å². The van der Waals surface area contributed by atoms with Gasteiger partial charge in [0.05, 0.1) is 5.92 Å². The van der Waals surface area contributed by atoms with Gasteiger partial charge in [0.2, 0.25) is 0 Å². The van der Waals surface area contributed by atoms with Crippen molar-refractivity contribution in [2.24, 2.45) is 16.8 Å². The zero-order chi connectivity index (χ0) is 18.1. The van der Waals surface area contributed by atoms with Crippen LogP contribution in [0.1, 0.15) is 30.9 Å². The van der Waals surface area contributed by atoms with Crippen LogP contribution >= 0.6 is 0 Å². The monoisotopic (exact) mass is 339 g/mol. The molecule has 0 aliphatic rings. The van der Waals surface area contributed by atoms with Crippen LogP contribution < -0.4 is 11.1 Å². The summed E-state index contributed by atoms with van der Waals surface area (Å²) in [4.78, 5) is 16.9. The third kappa shape index (κ3) is 5.95. The standard InChI is InChI=1S/C20H25N3O2/c1-15(2)13-22-18(24)14-25-23-20(21)19(16-9-5-3-6-10-16)17-11-7-4-8-12-17/h3-12,15,19H,13-14H2,1-2H3,(H2,21,23)(H,22,24). The smallest absolute Gasteiger partial charge is 0.260 e. The lowest BCUT2D eigenvalue weighted by molar-refractivity contribution is -0.125. The predicted octanol–water partition coefficient (Wildman–Crippen LogP) is 2.88. The van der Waals surface area contributed by atoms with Crippen LogP contribution in [0.15, 0.2) is 65.8 Å². The number of hydrogen-bond acceptors (Lipinski definition) is 3. The summed E-state index contributed by atoms with van der Waals surface area (Å²) >= 11 is 0. The molecule has 0 spiro atoms. The molecule has 5 nitrogen and oxygen atoms in total. The van der Waals surface area contributed by atoms with Crippen LogP contribution in [0.3, 0.4) is 0 Å². The Morgan fingerprint density at radius 3 is 2.04 bits per heavy atom. The molecule has 25 heavy (non-hydrogen) atoms. The number of nitrogens with two attached hydrogens (primary N) is 1. The van der Waals surface area contributed by atoms with Crippen molar-refractivity contribution in [3.63, 3.8) is 0 Å². The topological polar surface area (TPSA) is 76.7 Å². The van der Waals surface area contributed by atoms with Crippen LogP contribution in [0.4, 0.5) is 0 Å². The zero-order valence-corrected chi connectivity index (χ0v) is 14.7.